The van der Waals surface area contributed by atoms with Gasteiger partial charge in [-0.05, 0) is 57.1 Å². The fourth-order valence-electron chi connectivity index (χ4n) is 3.20. The van der Waals surface area contributed by atoms with Crippen molar-refractivity contribution in [3.05, 3.63) is 34.9 Å². The van der Waals surface area contributed by atoms with Crippen LogP contribution in [0.3, 0.4) is 0 Å². The van der Waals surface area contributed by atoms with E-state index < -0.39 is 0 Å². The average molecular weight is 311 g/mol. The van der Waals surface area contributed by atoms with Crippen molar-refractivity contribution in [3.63, 3.8) is 0 Å². The van der Waals surface area contributed by atoms with Gasteiger partial charge in [-0.1, -0.05) is 51.4 Å². The van der Waals surface area contributed by atoms with Crippen LogP contribution in [0.15, 0.2) is 24.3 Å². The minimum Gasteiger partial charge on any atom is -0.308 e. The van der Waals surface area contributed by atoms with E-state index in [1.165, 1.54) is 5.56 Å². The molecule has 0 saturated heterocycles. The van der Waals surface area contributed by atoms with E-state index in [2.05, 4.69) is 57.0 Å². The molecule has 120 valence electrons. The molecule has 0 aromatic heterocycles. The van der Waals surface area contributed by atoms with Crippen LogP contribution in [0.2, 0.25) is 5.02 Å². The number of rotatable bonds is 9. The lowest BCUT2D eigenvalue weighted by Gasteiger charge is -2.46. The van der Waals surface area contributed by atoms with Crippen molar-refractivity contribution in [2.75, 3.05) is 19.6 Å². The smallest absolute Gasteiger partial charge is 0.0504 e. The van der Waals surface area contributed by atoms with Crippen LogP contribution in [0.25, 0.3) is 0 Å². The van der Waals surface area contributed by atoms with Crippen molar-refractivity contribution in [1.29, 1.82) is 0 Å². The molecule has 0 fully saturated rings. The molecule has 3 heteroatoms. The highest BCUT2D eigenvalue weighted by atomic mass is 35.5. The Kier molecular flexibility index (Phi) is 7.72. The van der Waals surface area contributed by atoms with Crippen LogP contribution in [0.4, 0.5) is 0 Å². The summed E-state index contributed by atoms with van der Waals surface area (Å²) in [6.45, 7) is 14.5. The first kappa shape index (κ1) is 18.5. The number of halogens is 1. The minimum absolute atomic E-state index is 0.104. The summed E-state index contributed by atoms with van der Waals surface area (Å²) in [6.07, 6.45) is 2.25. The van der Waals surface area contributed by atoms with Gasteiger partial charge in [-0.15, -0.1) is 0 Å². The fraction of sp³-hybridized carbons (Fsp3) is 0.667. The van der Waals surface area contributed by atoms with Gasteiger partial charge in [-0.3, -0.25) is 4.90 Å². The second-order valence-corrected chi connectivity index (χ2v) is 6.26. The summed E-state index contributed by atoms with van der Waals surface area (Å²) in [4.78, 5) is 2.56. The molecular weight excluding hydrogens is 280 g/mol. The third-order valence-electron chi connectivity index (χ3n) is 4.63. The summed E-state index contributed by atoms with van der Waals surface area (Å²) in [7, 11) is 0. The first-order valence-electron chi connectivity index (χ1n) is 8.27. The molecule has 2 unspecified atom stereocenters. The van der Waals surface area contributed by atoms with E-state index in [9.17, 15) is 0 Å². The number of hydrogen-bond donors (Lipinski definition) is 1. The second kappa shape index (κ2) is 8.77. The summed E-state index contributed by atoms with van der Waals surface area (Å²) in [5, 5.41) is 4.56. The molecule has 0 saturated carbocycles. The predicted molar refractivity (Wildman–Crippen MR) is 94.1 cm³/mol. The van der Waals surface area contributed by atoms with Gasteiger partial charge < -0.3 is 5.32 Å². The van der Waals surface area contributed by atoms with Crippen molar-refractivity contribution in [2.24, 2.45) is 0 Å². The van der Waals surface area contributed by atoms with E-state index in [1.807, 2.05) is 12.1 Å². The van der Waals surface area contributed by atoms with Crippen LogP contribution in [0.5, 0.6) is 0 Å². The predicted octanol–water partition coefficient (Wildman–Crippen LogP) is 4.89. The van der Waals surface area contributed by atoms with Crippen LogP contribution in [0.1, 0.15) is 59.1 Å². The summed E-state index contributed by atoms with van der Waals surface area (Å²) in [6, 6.07) is 8.63. The molecule has 0 aliphatic rings. The number of hydrogen-bond acceptors (Lipinski definition) is 2. The van der Waals surface area contributed by atoms with Gasteiger partial charge in [0.05, 0.1) is 6.04 Å². The van der Waals surface area contributed by atoms with Crippen molar-refractivity contribution in [2.45, 2.75) is 59.0 Å². The highest BCUT2D eigenvalue weighted by Gasteiger charge is 2.37. The lowest BCUT2D eigenvalue weighted by molar-refractivity contribution is 0.0698. The Morgan fingerprint density at radius 2 is 1.67 bits per heavy atom. The maximum Gasteiger partial charge on any atom is 0.0504 e. The van der Waals surface area contributed by atoms with Gasteiger partial charge in [0.25, 0.3) is 0 Å². The molecule has 21 heavy (non-hydrogen) atoms. The molecular formula is C18H31ClN2. The molecule has 0 radical (unpaired) electrons. The standard InChI is InChI=1S/C18H31ClN2/c1-6-14-20-17(15-10-12-16(19)13-11-15)18(5,7-2)21(8-3)9-4/h10-13,17,20H,6-9,14H2,1-5H3. The fourth-order valence-corrected chi connectivity index (χ4v) is 3.32. The lowest BCUT2D eigenvalue weighted by Crippen LogP contribution is -2.54. The normalized spacial score (nSPS) is 16.0. The zero-order valence-corrected chi connectivity index (χ0v) is 15.0. The van der Waals surface area contributed by atoms with Gasteiger partial charge in [0.1, 0.15) is 0 Å². The van der Waals surface area contributed by atoms with Crippen LogP contribution < -0.4 is 5.32 Å². The highest BCUT2D eigenvalue weighted by Crippen LogP contribution is 2.34. The van der Waals surface area contributed by atoms with E-state index >= 15 is 0 Å². The highest BCUT2D eigenvalue weighted by molar-refractivity contribution is 6.30. The van der Waals surface area contributed by atoms with Crippen molar-refractivity contribution in [3.8, 4) is 0 Å². The molecule has 0 aliphatic heterocycles. The number of benzene rings is 1. The first-order valence-corrected chi connectivity index (χ1v) is 8.65. The molecule has 1 N–H and O–H groups in total. The summed E-state index contributed by atoms with van der Waals surface area (Å²) < 4.78 is 0. The Hall–Kier alpha value is -0.570. The van der Waals surface area contributed by atoms with Gasteiger partial charge in [0.2, 0.25) is 0 Å². The van der Waals surface area contributed by atoms with E-state index in [0.29, 0.717) is 6.04 Å². The van der Waals surface area contributed by atoms with E-state index in [0.717, 1.165) is 37.5 Å². The van der Waals surface area contributed by atoms with Crippen LogP contribution in [-0.4, -0.2) is 30.1 Å². The lowest BCUT2D eigenvalue weighted by atomic mass is 9.82. The SMILES string of the molecule is CCCNC(c1ccc(Cl)cc1)C(C)(CC)N(CC)CC. The molecule has 2 atom stereocenters. The molecule has 0 aliphatic carbocycles. The van der Waals surface area contributed by atoms with E-state index in [-0.39, 0.29) is 5.54 Å². The molecule has 2 nitrogen and oxygen atoms in total. The largest absolute Gasteiger partial charge is 0.308 e. The maximum atomic E-state index is 6.06. The molecule has 0 heterocycles. The van der Waals surface area contributed by atoms with Crippen molar-refractivity contribution >= 4 is 11.6 Å². The molecule has 0 bridgehead atoms. The third-order valence-corrected chi connectivity index (χ3v) is 4.88. The maximum absolute atomic E-state index is 6.06. The Balaban J connectivity index is 3.17. The molecule has 1 rings (SSSR count). The molecule has 1 aromatic rings. The van der Waals surface area contributed by atoms with Crippen LogP contribution >= 0.6 is 11.6 Å². The first-order chi connectivity index (χ1) is 10.0. The van der Waals surface area contributed by atoms with Gasteiger partial charge >= 0.3 is 0 Å². The summed E-state index contributed by atoms with van der Waals surface area (Å²) in [5.74, 6) is 0. The van der Waals surface area contributed by atoms with Gasteiger partial charge in [0.15, 0.2) is 0 Å². The zero-order valence-electron chi connectivity index (χ0n) is 14.2. The Labute approximate surface area is 135 Å². The quantitative estimate of drug-likeness (QED) is 0.698. The topological polar surface area (TPSA) is 15.3 Å². The number of likely N-dealkylation sites (N-methyl/N-ethyl adjacent to an activating group) is 1. The molecule has 1 aromatic carbocycles. The Morgan fingerprint density at radius 1 is 1.10 bits per heavy atom. The second-order valence-electron chi connectivity index (χ2n) is 5.82. The summed E-state index contributed by atoms with van der Waals surface area (Å²) in [5.41, 5.74) is 1.43. The van der Waals surface area contributed by atoms with Gasteiger partial charge in [-0.25, -0.2) is 0 Å². The monoisotopic (exact) mass is 310 g/mol. The number of nitrogens with one attached hydrogen (secondary N) is 1. The third kappa shape index (κ3) is 4.45. The number of nitrogens with zero attached hydrogens (tertiary/aromatic N) is 1. The Bertz CT molecular complexity index is 400. The Morgan fingerprint density at radius 3 is 2.10 bits per heavy atom. The van der Waals surface area contributed by atoms with Gasteiger partial charge in [-0.2, -0.15) is 0 Å². The zero-order chi connectivity index (χ0) is 15.9. The van der Waals surface area contributed by atoms with Crippen molar-refractivity contribution < 1.29 is 0 Å². The molecule has 0 amide bonds. The van der Waals surface area contributed by atoms with Gasteiger partial charge in [0, 0.05) is 10.6 Å². The van der Waals surface area contributed by atoms with Crippen LogP contribution in [-0.2, 0) is 0 Å². The average Bonchev–Trinajstić information content (AvgIpc) is 2.50. The summed E-state index contributed by atoms with van der Waals surface area (Å²) >= 11 is 6.06. The van der Waals surface area contributed by atoms with Crippen LogP contribution in [0, 0.1) is 0 Å². The minimum atomic E-state index is 0.104. The van der Waals surface area contributed by atoms with Crippen molar-refractivity contribution in [1.82, 2.24) is 10.2 Å². The van der Waals surface area contributed by atoms with E-state index in [4.69, 9.17) is 11.6 Å². The van der Waals surface area contributed by atoms with E-state index in [1.54, 1.807) is 0 Å². The molecule has 0 spiro atoms.